The van der Waals surface area contributed by atoms with Gasteiger partial charge >= 0.3 is 30.4 Å². The predicted octanol–water partition coefficient (Wildman–Crippen LogP) is 4.54. The van der Waals surface area contributed by atoms with E-state index in [2.05, 4.69) is 0 Å². The molecule has 17 heteroatoms. The van der Waals surface area contributed by atoms with Crippen molar-refractivity contribution in [3.05, 3.63) is 74.3 Å². The van der Waals surface area contributed by atoms with Gasteiger partial charge in [0, 0.05) is 29.2 Å². The Morgan fingerprint density at radius 3 is 1.78 bits per heavy atom. The first-order chi connectivity index (χ1) is 16.7. The topological polar surface area (TPSA) is 127 Å². The van der Waals surface area contributed by atoms with Crippen LogP contribution in [0.1, 0.15) is 32.6 Å². The number of nitrogens with one attached hydrogen (secondary N) is 1. The number of nitro groups is 1. The van der Waals surface area contributed by atoms with E-state index in [-0.39, 0.29) is 18.2 Å². The Morgan fingerprint density at radius 2 is 1.38 bits per heavy atom. The maximum Gasteiger partial charge on any atom is 0.471 e. The number of hydrogen-bond acceptors (Lipinski definition) is 5. The Morgan fingerprint density at radius 1 is 0.865 bits per heavy atom. The van der Waals surface area contributed by atoms with Gasteiger partial charge in [-0.2, -0.15) is 39.5 Å². The molecule has 8 nitrogen and oxygen atoms in total. The lowest BCUT2D eigenvalue weighted by Gasteiger charge is -2.16. The van der Waals surface area contributed by atoms with Crippen LogP contribution in [0.4, 0.5) is 45.2 Å². The molecule has 0 saturated carbocycles. The van der Waals surface area contributed by atoms with Crippen molar-refractivity contribution in [3.8, 4) is 0 Å². The lowest BCUT2D eigenvalue weighted by molar-refractivity contribution is -0.385. The number of rotatable bonds is 7. The molecular formula is C20H11F9N2O6. The highest BCUT2D eigenvalue weighted by atomic mass is 19.4. The Bertz CT molecular complexity index is 1220. The van der Waals surface area contributed by atoms with Gasteiger partial charge in [0.2, 0.25) is 0 Å². The molecule has 0 aromatic heterocycles. The van der Waals surface area contributed by atoms with Crippen LogP contribution in [0, 0.1) is 10.1 Å². The summed E-state index contributed by atoms with van der Waals surface area (Å²) in [5, 5.41) is 21.5. The van der Waals surface area contributed by atoms with E-state index < -0.39 is 87.1 Å². The molecule has 0 radical (unpaired) electrons. The first-order valence-corrected chi connectivity index (χ1v) is 9.43. The van der Waals surface area contributed by atoms with Gasteiger partial charge in [-0.1, -0.05) is 0 Å². The van der Waals surface area contributed by atoms with Crippen molar-refractivity contribution in [2.45, 2.75) is 31.0 Å². The first-order valence-electron chi connectivity index (χ1n) is 9.43. The van der Waals surface area contributed by atoms with Gasteiger partial charge in [0.1, 0.15) is 6.04 Å². The third-order valence-electron chi connectivity index (χ3n) is 4.67. The van der Waals surface area contributed by atoms with Crippen LogP contribution >= 0.6 is 0 Å². The number of nitrogens with zero attached hydrogens (tertiary/aromatic N) is 1. The van der Waals surface area contributed by atoms with E-state index >= 15 is 0 Å². The van der Waals surface area contributed by atoms with Crippen molar-refractivity contribution in [2.24, 2.45) is 0 Å². The monoisotopic (exact) mass is 546 g/mol. The van der Waals surface area contributed by atoms with Crippen molar-refractivity contribution in [1.29, 1.82) is 0 Å². The zero-order valence-corrected chi connectivity index (χ0v) is 17.6. The maximum atomic E-state index is 13.1. The molecule has 0 heterocycles. The minimum Gasteiger partial charge on any atom is -0.480 e. The quantitative estimate of drug-likeness (QED) is 0.227. The smallest absolute Gasteiger partial charge is 0.471 e. The van der Waals surface area contributed by atoms with Crippen molar-refractivity contribution in [3.63, 3.8) is 0 Å². The summed E-state index contributed by atoms with van der Waals surface area (Å²) in [6, 6.07) is -0.788. The summed E-state index contributed by atoms with van der Waals surface area (Å²) in [5.74, 6) is -6.28. The molecule has 37 heavy (non-hydrogen) atoms. The molecule has 2 rings (SSSR count). The average Bonchev–Trinajstić information content (AvgIpc) is 2.75. The minimum absolute atomic E-state index is 0.0856. The zero-order chi connectivity index (χ0) is 28.5. The summed E-state index contributed by atoms with van der Waals surface area (Å²) in [4.78, 5) is 45.3. The molecule has 200 valence electrons. The molecule has 0 aliphatic rings. The number of hydrogen-bond donors (Lipinski definition) is 2. The second-order valence-electron chi connectivity index (χ2n) is 7.29. The van der Waals surface area contributed by atoms with Crippen LogP contribution in [0.2, 0.25) is 0 Å². The van der Waals surface area contributed by atoms with E-state index in [1.165, 1.54) is 0 Å². The second kappa shape index (κ2) is 10.1. The summed E-state index contributed by atoms with van der Waals surface area (Å²) in [6.07, 6.45) is -17.3. The van der Waals surface area contributed by atoms with E-state index in [1.54, 1.807) is 0 Å². The van der Waals surface area contributed by atoms with Gasteiger partial charge in [-0.25, -0.2) is 4.79 Å². The summed E-state index contributed by atoms with van der Waals surface area (Å²) in [6.45, 7) is 0. The number of nitro benzene ring substituents is 1. The zero-order valence-electron chi connectivity index (χ0n) is 17.6. The van der Waals surface area contributed by atoms with Crippen molar-refractivity contribution < 1.29 is 63.9 Å². The molecule has 1 unspecified atom stereocenters. The van der Waals surface area contributed by atoms with E-state index in [1.807, 2.05) is 0 Å². The third-order valence-corrected chi connectivity index (χ3v) is 4.67. The Kier molecular flexibility index (Phi) is 7.90. The number of alkyl halides is 9. The van der Waals surface area contributed by atoms with Gasteiger partial charge in [-0.3, -0.25) is 19.7 Å². The second-order valence-corrected chi connectivity index (χ2v) is 7.29. The standard InChI is InChI=1S/C20H11F9N2O6/c21-18(22,23)11-4-10(5-12(7-11)19(24,25)26)15(32)8-1-2-14(31(36)37)9(3-8)6-13(16(33)34)30-17(35)20(27,28)29/h1-5,7,13H,6H2,(H,30,35)(H,33,34). The SMILES string of the molecule is O=C(c1cc(C(F)(F)F)cc(C(F)(F)F)c1)c1ccc([N+](=O)[O-])c(CC(NC(=O)C(F)(F)F)C(=O)O)c1. The average molecular weight is 546 g/mol. The number of carbonyl (C=O) groups is 3. The van der Waals surface area contributed by atoms with Crippen LogP contribution in [0.15, 0.2) is 36.4 Å². The number of carboxylic acids is 1. The number of benzene rings is 2. The molecule has 2 aromatic rings. The number of carbonyl (C=O) groups excluding carboxylic acids is 2. The molecular weight excluding hydrogens is 535 g/mol. The highest BCUT2D eigenvalue weighted by molar-refractivity contribution is 6.09. The third kappa shape index (κ3) is 7.17. The normalized spacial score (nSPS) is 13.1. The molecule has 0 fully saturated rings. The van der Waals surface area contributed by atoms with E-state index in [0.717, 1.165) is 5.32 Å². The van der Waals surface area contributed by atoms with Crippen molar-refractivity contribution in [1.82, 2.24) is 5.32 Å². The van der Waals surface area contributed by atoms with Crippen LogP contribution < -0.4 is 5.32 Å². The molecule has 1 amide bonds. The fraction of sp³-hybridized carbons (Fsp3) is 0.250. The largest absolute Gasteiger partial charge is 0.480 e. The van der Waals surface area contributed by atoms with Crippen LogP contribution in [-0.4, -0.2) is 39.9 Å². The molecule has 0 bridgehead atoms. The Balaban J connectivity index is 2.59. The summed E-state index contributed by atoms with van der Waals surface area (Å²) in [5.41, 5.74) is -7.28. The van der Waals surface area contributed by atoms with Crippen LogP contribution in [0.3, 0.4) is 0 Å². The van der Waals surface area contributed by atoms with Gasteiger partial charge < -0.3 is 10.4 Å². The van der Waals surface area contributed by atoms with Crippen LogP contribution in [-0.2, 0) is 28.4 Å². The Labute approximate surface area is 198 Å². The highest BCUT2D eigenvalue weighted by Crippen LogP contribution is 2.37. The molecule has 2 aromatic carbocycles. The summed E-state index contributed by atoms with van der Waals surface area (Å²) < 4.78 is 116. The first kappa shape index (κ1) is 29.1. The van der Waals surface area contributed by atoms with E-state index in [0.29, 0.717) is 18.2 Å². The van der Waals surface area contributed by atoms with Crippen molar-refractivity contribution in [2.75, 3.05) is 0 Å². The molecule has 0 saturated heterocycles. The molecule has 2 N–H and O–H groups in total. The van der Waals surface area contributed by atoms with Crippen LogP contribution in [0.25, 0.3) is 0 Å². The molecule has 0 aliphatic heterocycles. The number of ketones is 1. The molecule has 0 aliphatic carbocycles. The van der Waals surface area contributed by atoms with Gasteiger partial charge in [-0.05, 0) is 30.3 Å². The number of halogens is 9. The van der Waals surface area contributed by atoms with Crippen LogP contribution in [0.5, 0.6) is 0 Å². The molecule has 1 atom stereocenters. The fourth-order valence-corrected chi connectivity index (χ4v) is 2.98. The summed E-state index contributed by atoms with van der Waals surface area (Å²) >= 11 is 0. The lowest BCUT2D eigenvalue weighted by atomic mass is 9.95. The predicted molar refractivity (Wildman–Crippen MR) is 102 cm³/mol. The number of aliphatic carboxylic acids is 1. The minimum atomic E-state index is -5.53. The highest BCUT2D eigenvalue weighted by Gasteiger charge is 2.41. The van der Waals surface area contributed by atoms with E-state index in [4.69, 9.17) is 5.11 Å². The van der Waals surface area contributed by atoms with Gasteiger partial charge in [0.25, 0.3) is 5.69 Å². The lowest BCUT2D eigenvalue weighted by Crippen LogP contribution is -2.47. The summed E-state index contributed by atoms with van der Waals surface area (Å²) in [7, 11) is 0. The maximum absolute atomic E-state index is 13.1. The number of amides is 1. The fourth-order valence-electron chi connectivity index (χ4n) is 2.98. The number of carboxylic acid groups (broad SMARTS) is 1. The van der Waals surface area contributed by atoms with E-state index in [9.17, 15) is 64.0 Å². The van der Waals surface area contributed by atoms with Crippen molar-refractivity contribution >= 4 is 23.3 Å². The van der Waals surface area contributed by atoms with Gasteiger partial charge in [0.15, 0.2) is 5.78 Å². The Hall–Kier alpha value is -4.18. The van der Waals surface area contributed by atoms with Gasteiger partial charge in [0.05, 0.1) is 16.1 Å². The van der Waals surface area contributed by atoms with Gasteiger partial charge in [-0.15, -0.1) is 0 Å². The molecule has 0 spiro atoms.